The zero-order chi connectivity index (χ0) is 10.5. The van der Waals surface area contributed by atoms with Crippen molar-refractivity contribution in [2.75, 3.05) is 11.9 Å². The second-order valence-electron chi connectivity index (χ2n) is 2.97. The van der Waals surface area contributed by atoms with Gasteiger partial charge in [-0.3, -0.25) is 0 Å². The molecule has 1 N–H and O–H groups in total. The smallest absolute Gasteiger partial charge is 0.206 e. The molecular weight excluding hydrogens is 210 g/mol. The number of rotatable bonds is 4. The summed E-state index contributed by atoms with van der Waals surface area (Å²) in [5, 5.41) is 13.0. The van der Waals surface area contributed by atoms with Crippen molar-refractivity contribution >= 4 is 16.5 Å². The summed E-state index contributed by atoms with van der Waals surface area (Å²) in [7, 11) is 0. The summed E-state index contributed by atoms with van der Waals surface area (Å²) in [6, 6.07) is 0. The van der Waals surface area contributed by atoms with Gasteiger partial charge in [-0.15, -0.1) is 10.2 Å². The lowest BCUT2D eigenvalue weighted by atomic mass is 10.4. The van der Waals surface area contributed by atoms with Gasteiger partial charge in [0.25, 0.3) is 0 Å². The summed E-state index contributed by atoms with van der Waals surface area (Å²) in [6.07, 6.45) is 6.04. The molecule has 0 saturated heterocycles. The van der Waals surface area contributed by atoms with E-state index in [2.05, 4.69) is 32.4 Å². The minimum Gasteiger partial charge on any atom is -0.360 e. The Kier molecular flexibility index (Phi) is 3.18. The van der Waals surface area contributed by atoms with E-state index in [-0.39, 0.29) is 0 Å². The van der Waals surface area contributed by atoms with Crippen molar-refractivity contribution in [2.45, 2.75) is 13.3 Å². The standard InChI is InChI=1S/C9H11N5S/c1-2-3-12-9-14-13-8(15-9)7-4-10-6-11-5-7/h4-6H,2-3H2,1H3,(H,12,14). The van der Waals surface area contributed by atoms with Gasteiger partial charge in [-0.2, -0.15) is 0 Å². The van der Waals surface area contributed by atoms with E-state index in [4.69, 9.17) is 0 Å². The number of hydrogen-bond donors (Lipinski definition) is 1. The molecule has 0 bridgehead atoms. The second-order valence-corrected chi connectivity index (χ2v) is 3.94. The van der Waals surface area contributed by atoms with Crippen LogP contribution in [-0.4, -0.2) is 26.7 Å². The van der Waals surface area contributed by atoms with Gasteiger partial charge in [-0.1, -0.05) is 18.3 Å². The van der Waals surface area contributed by atoms with Gasteiger partial charge in [0.05, 0.1) is 0 Å². The van der Waals surface area contributed by atoms with Crippen molar-refractivity contribution in [3.63, 3.8) is 0 Å². The SMILES string of the molecule is CCCNc1nnc(-c2cncnc2)s1. The normalized spacial score (nSPS) is 10.2. The molecule has 2 aromatic rings. The number of aromatic nitrogens is 4. The minimum atomic E-state index is 0.842. The topological polar surface area (TPSA) is 63.6 Å². The molecule has 0 spiro atoms. The number of nitrogens with one attached hydrogen (secondary N) is 1. The average molecular weight is 221 g/mol. The highest BCUT2D eigenvalue weighted by Crippen LogP contribution is 2.24. The summed E-state index contributed by atoms with van der Waals surface area (Å²) >= 11 is 1.51. The van der Waals surface area contributed by atoms with E-state index in [1.54, 1.807) is 12.4 Å². The first-order chi connectivity index (χ1) is 7.40. The highest BCUT2D eigenvalue weighted by molar-refractivity contribution is 7.18. The average Bonchev–Trinajstić information content (AvgIpc) is 2.76. The van der Waals surface area contributed by atoms with Crippen LogP contribution in [0.2, 0.25) is 0 Å². The van der Waals surface area contributed by atoms with E-state index in [9.17, 15) is 0 Å². The first-order valence-corrected chi connectivity index (χ1v) is 5.54. The Morgan fingerprint density at radius 2 is 2.07 bits per heavy atom. The highest BCUT2D eigenvalue weighted by atomic mass is 32.1. The molecule has 0 aliphatic heterocycles. The molecule has 0 aliphatic carbocycles. The van der Waals surface area contributed by atoms with Gasteiger partial charge in [0, 0.05) is 24.5 Å². The maximum absolute atomic E-state index is 4.07. The molecule has 15 heavy (non-hydrogen) atoms. The van der Waals surface area contributed by atoms with Crippen molar-refractivity contribution in [1.29, 1.82) is 0 Å². The maximum atomic E-state index is 4.07. The second kappa shape index (κ2) is 4.79. The molecule has 0 amide bonds. The van der Waals surface area contributed by atoms with Gasteiger partial charge >= 0.3 is 0 Å². The monoisotopic (exact) mass is 221 g/mol. The third kappa shape index (κ3) is 2.47. The van der Waals surface area contributed by atoms with Gasteiger partial charge in [0.15, 0.2) is 5.01 Å². The Morgan fingerprint density at radius 3 is 2.80 bits per heavy atom. The molecule has 2 aromatic heterocycles. The Labute approximate surface area is 91.6 Å². The van der Waals surface area contributed by atoms with Crippen molar-refractivity contribution in [3.8, 4) is 10.6 Å². The van der Waals surface area contributed by atoms with Crippen LogP contribution in [0.4, 0.5) is 5.13 Å². The molecule has 0 unspecified atom stereocenters. The summed E-state index contributed by atoms with van der Waals surface area (Å²) in [5.74, 6) is 0. The fraction of sp³-hybridized carbons (Fsp3) is 0.333. The van der Waals surface area contributed by atoms with E-state index in [0.717, 1.165) is 28.7 Å². The summed E-state index contributed by atoms with van der Waals surface area (Å²) in [5.41, 5.74) is 0.902. The fourth-order valence-corrected chi connectivity index (χ4v) is 1.80. The zero-order valence-corrected chi connectivity index (χ0v) is 9.16. The molecule has 2 rings (SSSR count). The van der Waals surface area contributed by atoms with Crippen molar-refractivity contribution < 1.29 is 0 Å². The van der Waals surface area contributed by atoms with Crippen LogP contribution in [0.15, 0.2) is 18.7 Å². The third-order valence-corrected chi connectivity index (χ3v) is 2.69. The van der Waals surface area contributed by atoms with E-state index in [1.807, 2.05) is 0 Å². The van der Waals surface area contributed by atoms with E-state index in [0.29, 0.717) is 0 Å². The van der Waals surface area contributed by atoms with Crippen LogP contribution in [-0.2, 0) is 0 Å². The lowest BCUT2D eigenvalue weighted by molar-refractivity contribution is 0.963. The van der Waals surface area contributed by atoms with E-state index in [1.165, 1.54) is 17.7 Å². The zero-order valence-electron chi connectivity index (χ0n) is 8.34. The van der Waals surface area contributed by atoms with Crippen LogP contribution < -0.4 is 5.32 Å². The predicted molar refractivity (Wildman–Crippen MR) is 59.7 cm³/mol. The van der Waals surface area contributed by atoms with Gasteiger partial charge in [-0.25, -0.2) is 9.97 Å². The molecule has 0 aliphatic rings. The van der Waals surface area contributed by atoms with Crippen molar-refractivity contribution in [1.82, 2.24) is 20.2 Å². The molecule has 78 valence electrons. The van der Waals surface area contributed by atoms with Crippen LogP contribution in [0.1, 0.15) is 13.3 Å². The van der Waals surface area contributed by atoms with Crippen LogP contribution in [0, 0.1) is 0 Å². The summed E-state index contributed by atoms with van der Waals surface area (Å²) < 4.78 is 0. The molecule has 0 aromatic carbocycles. The Morgan fingerprint density at radius 1 is 1.27 bits per heavy atom. The fourth-order valence-electron chi connectivity index (χ4n) is 1.05. The summed E-state index contributed by atoms with van der Waals surface area (Å²) in [4.78, 5) is 7.88. The molecule has 0 saturated carbocycles. The molecule has 0 radical (unpaired) electrons. The van der Waals surface area contributed by atoms with Gasteiger partial charge in [-0.05, 0) is 6.42 Å². The highest BCUT2D eigenvalue weighted by Gasteiger charge is 2.05. The Balaban J connectivity index is 2.14. The minimum absolute atomic E-state index is 0.842. The third-order valence-electron chi connectivity index (χ3n) is 1.76. The molecule has 0 atom stereocenters. The Bertz CT molecular complexity index is 413. The molecule has 2 heterocycles. The van der Waals surface area contributed by atoms with Gasteiger partial charge in [0.2, 0.25) is 5.13 Å². The number of hydrogen-bond acceptors (Lipinski definition) is 6. The molecular formula is C9H11N5S. The summed E-state index contributed by atoms with van der Waals surface area (Å²) in [6.45, 7) is 3.03. The van der Waals surface area contributed by atoms with Crippen LogP contribution in [0.25, 0.3) is 10.6 Å². The lowest BCUT2D eigenvalue weighted by Crippen LogP contribution is -1.98. The maximum Gasteiger partial charge on any atom is 0.206 e. The van der Waals surface area contributed by atoms with E-state index >= 15 is 0 Å². The quantitative estimate of drug-likeness (QED) is 0.853. The lowest BCUT2D eigenvalue weighted by Gasteiger charge is -1.95. The molecule has 5 nitrogen and oxygen atoms in total. The van der Waals surface area contributed by atoms with Gasteiger partial charge < -0.3 is 5.32 Å². The van der Waals surface area contributed by atoms with Crippen molar-refractivity contribution in [3.05, 3.63) is 18.7 Å². The molecule has 0 fully saturated rings. The Hall–Kier alpha value is -1.56. The first-order valence-electron chi connectivity index (χ1n) is 4.73. The van der Waals surface area contributed by atoms with Crippen LogP contribution in [0.5, 0.6) is 0 Å². The van der Waals surface area contributed by atoms with Gasteiger partial charge in [0.1, 0.15) is 6.33 Å². The predicted octanol–water partition coefficient (Wildman–Crippen LogP) is 1.82. The first kappa shape index (κ1) is 9.97. The number of nitrogens with zero attached hydrogens (tertiary/aromatic N) is 4. The number of anilines is 1. The largest absolute Gasteiger partial charge is 0.360 e. The van der Waals surface area contributed by atoms with Crippen LogP contribution in [0.3, 0.4) is 0 Å². The van der Waals surface area contributed by atoms with Crippen molar-refractivity contribution in [2.24, 2.45) is 0 Å². The van der Waals surface area contributed by atoms with E-state index < -0.39 is 0 Å². The van der Waals surface area contributed by atoms with Crippen LogP contribution >= 0.6 is 11.3 Å². The molecule has 6 heteroatoms.